The lowest BCUT2D eigenvalue weighted by Gasteiger charge is -2.43. The third-order valence-electron chi connectivity index (χ3n) is 14.3. The van der Waals surface area contributed by atoms with E-state index in [2.05, 4.69) is 77.3 Å². The molecule has 0 N–H and O–H groups in total. The Morgan fingerprint density at radius 1 is 0.760 bits per heavy atom. The highest BCUT2D eigenvalue weighted by Crippen LogP contribution is 2.53. The zero-order valence-electron chi connectivity index (χ0n) is 44.6. The van der Waals surface area contributed by atoms with Crippen LogP contribution >= 0.6 is 8.53 Å². The molecule has 1 fully saturated rings. The van der Waals surface area contributed by atoms with E-state index in [1.807, 2.05) is 78.9 Å². The van der Waals surface area contributed by atoms with Crippen molar-refractivity contribution in [1.29, 1.82) is 5.26 Å². The van der Waals surface area contributed by atoms with E-state index in [0.29, 0.717) is 22.6 Å². The first-order valence-corrected chi connectivity index (χ1v) is 29.3. The van der Waals surface area contributed by atoms with Gasteiger partial charge in [-0.15, -0.1) is 0 Å². The topological polar surface area (TPSA) is 182 Å². The number of hydrogen-bond acceptors (Lipinski definition) is 14. The predicted molar refractivity (Wildman–Crippen MR) is 288 cm³/mol. The smallest absolute Gasteiger partial charge is 0.281 e. The Labute approximate surface area is 441 Å². The van der Waals surface area contributed by atoms with Gasteiger partial charge in [-0.3, -0.25) is 28.4 Å². The third-order valence-corrected chi connectivity index (χ3v) is 20.9. The molecule has 6 aromatic rings. The first-order chi connectivity index (χ1) is 35.8. The molecule has 19 heteroatoms. The molecule has 0 bridgehead atoms. The van der Waals surface area contributed by atoms with Crippen LogP contribution in [0.15, 0.2) is 121 Å². The van der Waals surface area contributed by atoms with Gasteiger partial charge in [0, 0.05) is 25.2 Å². The average molecular weight is 1060 g/mol. The van der Waals surface area contributed by atoms with Gasteiger partial charge in [0.05, 0.1) is 57.4 Å². The van der Waals surface area contributed by atoms with Crippen molar-refractivity contribution in [2.24, 2.45) is 0 Å². The number of imide groups is 1. The summed E-state index contributed by atoms with van der Waals surface area (Å²) in [6, 6.07) is 34.4. The monoisotopic (exact) mass is 1060 g/mol. The van der Waals surface area contributed by atoms with Gasteiger partial charge in [-0.05, 0) is 98.9 Å². The summed E-state index contributed by atoms with van der Waals surface area (Å²) >= 11 is 0. The van der Waals surface area contributed by atoms with Crippen molar-refractivity contribution in [3.8, 4) is 17.6 Å². The van der Waals surface area contributed by atoms with Crippen LogP contribution in [0.2, 0.25) is 18.1 Å². The van der Waals surface area contributed by atoms with E-state index in [4.69, 9.17) is 37.4 Å². The van der Waals surface area contributed by atoms with Crippen molar-refractivity contribution >= 4 is 39.8 Å². The van der Waals surface area contributed by atoms with Crippen molar-refractivity contribution in [2.45, 2.75) is 122 Å². The SMILES string of the molecule is COc1ccc(C(OC[C@H]2O[C@@H](n3cnc4c(=O)n(CCN5C(=O)c6ccccc6C5=O)cnc43)[C@H](OP(OCCC#N)N(C(C)C)C(C)C)[C@@H]2O[Si](C)(C)C(C)(C)C)(c2ccccc2)c2ccc(OC)cc2)cc1. The third kappa shape index (κ3) is 11.1. The minimum atomic E-state index is -2.71. The normalized spacial score (nSPS) is 18.6. The summed E-state index contributed by atoms with van der Waals surface area (Å²) in [6.07, 6.45) is -0.516. The molecule has 4 heterocycles. The summed E-state index contributed by atoms with van der Waals surface area (Å²) in [5, 5.41) is 9.40. The number of methoxy groups -OCH3 is 2. The number of benzene rings is 4. The summed E-state index contributed by atoms with van der Waals surface area (Å²) in [6.45, 7) is 19.2. The van der Waals surface area contributed by atoms with Gasteiger partial charge in [-0.2, -0.15) is 5.26 Å². The molecule has 5 atom stereocenters. The van der Waals surface area contributed by atoms with Crippen LogP contribution < -0.4 is 15.0 Å². The molecule has 2 aromatic heterocycles. The highest BCUT2D eigenvalue weighted by atomic mass is 31.2. The van der Waals surface area contributed by atoms with E-state index >= 15 is 0 Å². The van der Waals surface area contributed by atoms with Crippen LogP contribution in [-0.4, -0.2) is 113 Å². The van der Waals surface area contributed by atoms with Crippen molar-refractivity contribution < 1.29 is 42.0 Å². The summed E-state index contributed by atoms with van der Waals surface area (Å²) in [5.74, 6) is 0.527. The van der Waals surface area contributed by atoms with Gasteiger partial charge in [0.15, 0.2) is 25.7 Å². The maximum Gasteiger partial charge on any atom is 0.281 e. The zero-order chi connectivity index (χ0) is 53.8. The van der Waals surface area contributed by atoms with Crippen molar-refractivity contribution in [3.05, 3.63) is 154 Å². The van der Waals surface area contributed by atoms with Crippen LogP contribution in [0, 0.1) is 11.3 Å². The lowest BCUT2D eigenvalue weighted by Crippen LogP contribution is -2.51. The molecule has 2 amide bonds. The van der Waals surface area contributed by atoms with Crippen LogP contribution in [0.4, 0.5) is 0 Å². The van der Waals surface area contributed by atoms with Gasteiger partial charge < -0.3 is 32.4 Å². The molecule has 0 aliphatic carbocycles. The molecule has 4 aromatic carbocycles. The lowest BCUT2D eigenvalue weighted by molar-refractivity contribution is -0.0928. The van der Waals surface area contributed by atoms with E-state index in [1.54, 1.807) is 43.1 Å². The Kier molecular flexibility index (Phi) is 16.9. The molecule has 2 aliphatic rings. The largest absolute Gasteiger partial charge is 0.497 e. The van der Waals surface area contributed by atoms with Gasteiger partial charge in [0.1, 0.15) is 41.7 Å². The second-order valence-electron chi connectivity index (χ2n) is 20.7. The number of carbonyl (C=O) groups is 2. The number of imidazole rings is 1. The lowest BCUT2D eigenvalue weighted by atomic mass is 9.80. The molecule has 0 radical (unpaired) electrons. The Bertz CT molecular complexity index is 2960. The Balaban J connectivity index is 1.25. The van der Waals surface area contributed by atoms with Gasteiger partial charge in [-0.25, -0.2) is 14.6 Å². The van der Waals surface area contributed by atoms with Crippen LogP contribution in [0.25, 0.3) is 11.2 Å². The fourth-order valence-corrected chi connectivity index (χ4v) is 12.5. The van der Waals surface area contributed by atoms with Gasteiger partial charge in [0.2, 0.25) is 0 Å². The molecule has 396 valence electrons. The van der Waals surface area contributed by atoms with Gasteiger partial charge in [0.25, 0.3) is 25.9 Å². The van der Waals surface area contributed by atoms with E-state index < -0.39 is 64.4 Å². The van der Waals surface area contributed by atoms with E-state index in [0.717, 1.165) is 21.6 Å². The summed E-state index contributed by atoms with van der Waals surface area (Å²) < 4.78 is 52.8. The van der Waals surface area contributed by atoms with Crippen LogP contribution in [0.1, 0.15) is 98.5 Å². The minimum absolute atomic E-state index is 0.0102. The molecule has 1 unspecified atom stereocenters. The molecule has 8 rings (SSSR count). The van der Waals surface area contributed by atoms with Crippen LogP contribution in [0.3, 0.4) is 0 Å². The number of nitriles is 1. The predicted octanol–water partition coefficient (Wildman–Crippen LogP) is 9.86. The van der Waals surface area contributed by atoms with E-state index in [1.165, 1.54) is 17.2 Å². The standard InChI is InChI=1S/C56H68N7O10PSi/c1-37(2)63(38(3)4)74(70-33-17-30-57)72-49-48(73-75(10,11)55(5,6)7)46(34-69-56(39-18-13-12-14-19-39,40-22-26-42(67-8)27-23-40)41-24-28-43(68-9)29-25-41)71-54(49)62-36-58-47-50(62)59-35-60(53(47)66)31-32-61-51(64)44-20-15-16-21-45(44)52(61)65/h12-16,18-29,35-38,46,48-49,54H,17,31-34H2,1-11H3/t46-,48-,49-,54-,74?/m1/s1. The second-order valence-corrected chi connectivity index (χ2v) is 26.9. The number of aromatic nitrogens is 4. The number of fused-ring (bicyclic) bond motifs is 2. The highest BCUT2D eigenvalue weighted by Gasteiger charge is 2.55. The second kappa shape index (κ2) is 23.0. The Hall–Kier alpha value is -6.13. The number of nitrogens with zero attached hydrogens (tertiary/aromatic N) is 7. The molecule has 1 saturated heterocycles. The van der Waals surface area contributed by atoms with Crippen molar-refractivity contribution in [2.75, 3.05) is 34.0 Å². The first-order valence-electron chi connectivity index (χ1n) is 25.3. The summed E-state index contributed by atoms with van der Waals surface area (Å²) in [7, 11) is -1.34. The first kappa shape index (κ1) is 55.1. The molecule has 75 heavy (non-hydrogen) atoms. The summed E-state index contributed by atoms with van der Waals surface area (Å²) in [4.78, 5) is 51.5. The highest BCUT2D eigenvalue weighted by molar-refractivity contribution is 7.44. The average Bonchev–Trinajstić information content (AvgIpc) is 4.04. The molecule has 17 nitrogen and oxygen atoms in total. The maximum absolute atomic E-state index is 14.4. The molecule has 2 aliphatic heterocycles. The van der Waals surface area contributed by atoms with Crippen LogP contribution in [-0.2, 0) is 35.1 Å². The fraction of sp³-hybridized carbons (Fsp3) is 0.429. The number of rotatable bonds is 22. The number of ether oxygens (including phenoxy) is 4. The molecule has 0 spiro atoms. The van der Waals surface area contributed by atoms with Crippen LogP contribution in [0.5, 0.6) is 11.5 Å². The molecular formula is C56H68N7O10PSi. The van der Waals surface area contributed by atoms with Crippen molar-refractivity contribution in [1.82, 2.24) is 28.7 Å². The van der Waals surface area contributed by atoms with Crippen molar-refractivity contribution in [3.63, 3.8) is 0 Å². The number of carbonyl (C=O) groups excluding carboxylic acids is 2. The number of amides is 2. The zero-order valence-corrected chi connectivity index (χ0v) is 46.5. The quantitative estimate of drug-likeness (QED) is 0.0206. The maximum atomic E-state index is 14.4. The Morgan fingerprint density at radius 2 is 1.32 bits per heavy atom. The van der Waals surface area contributed by atoms with E-state index in [9.17, 15) is 19.6 Å². The summed E-state index contributed by atoms with van der Waals surface area (Å²) in [5.41, 5.74) is 1.73. The Morgan fingerprint density at radius 3 is 1.85 bits per heavy atom. The number of hydrogen-bond donors (Lipinski definition) is 0. The molecular weight excluding hydrogens is 990 g/mol. The van der Waals surface area contributed by atoms with E-state index in [-0.39, 0.29) is 61.0 Å². The fourth-order valence-electron chi connectivity index (χ4n) is 9.46. The van der Waals surface area contributed by atoms with Gasteiger partial charge >= 0.3 is 0 Å². The van der Waals surface area contributed by atoms with Gasteiger partial charge in [-0.1, -0.05) is 87.5 Å². The molecule has 0 saturated carbocycles. The minimum Gasteiger partial charge on any atom is -0.497 e.